The Morgan fingerprint density at radius 1 is 0.861 bits per heavy atom. The first-order valence-electron chi connectivity index (χ1n) is 11.9. The number of ether oxygens (including phenoxy) is 3. The smallest absolute Gasteiger partial charge is 0.323 e. The van der Waals surface area contributed by atoms with E-state index in [2.05, 4.69) is 0 Å². The van der Waals surface area contributed by atoms with Gasteiger partial charge in [0.05, 0.1) is 13.2 Å². The molecule has 0 spiro atoms. The topological polar surface area (TPSA) is 61.8 Å². The van der Waals surface area contributed by atoms with Crippen LogP contribution in [-0.2, 0) is 32.1 Å². The Hall–Kier alpha value is -2.96. The van der Waals surface area contributed by atoms with Gasteiger partial charge in [0.1, 0.15) is 12.4 Å². The molecule has 190 valence electrons. The summed E-state index contributed by atoms with van der Waals surface area (Å²) in [6.07, 6.45) is 0.673. The van der Waals surface area contributed by atoms with Crippen molar-refractivity contribution >= 4 is 35.3 Å². The maximum absolute atomic E-state index is 12.5. The average molecular weight is 527 g/mol. The van der Waals surface area contributed by atoms with E-state index in [1.54, 1.807) is 32.5 Å². The van der Waals surface area contributed by atoms with E-state index in [1.165, 1.54) is 0 Å². The highest BCUT2D eigenvalue weighted by molar-refractivity contribution is 7.99. The fraction of sp³-hybridized carbons (Fsp3) is 0.310. The number of carbonyl (C=O) groups is 2. The van der Waals surface area contributed by atoms with Gasteiger partial charge in [-0.2, -0.15) is 0 Å². The summed E-state index contributed by atoms with van der Waals surface area (Å²) in [5.74, 6) is -0.353. The zero-order valence-electron chi connectivity index (χ0n) is 20.8. The van der Waals surface area contributed by atoms with E-state index in [1.807, 2.05) is 72.8 Å². The standard InChI is InChI=1S/C29H31ClO5S/c1-4-33-27(31)29(3,28(32)34-5-2)18-17-22-11-14-25(19-26(22)30)36-24-15-12-23(13-16-24)35-20-21-9-7-6-8-10-21/h6-16,19H,4-5,17-18,20H2,1-3H3. The maximum Gasteiger partial charge on any atom is 0.323 e. The number of aryl methyl sites for hydroxylation is 1. The molecule has 0 amide bonds. The molecule has 0 aromatic heterocycles. The van der Waals surface area contributed by atoms with E-state index < -0.39 is 17.4 Å². The molecule has 0 saturated heterocycles. The van der Waals surface area contributed by atoms with Crippen molar-refractivity contribution in [2.75, 3.05) is 13.2 Å². The Kier molecular flexibility index (Phi) is 10.3. The van der Waals surface area contributed by atoms with Crippen molar-refractivity contribution < 1.29 is 23.8 Å². The Bertz CT molecular complexity index is 1130. The van der Waals surface area contributed by atoms with Crippen LogP contribution in [0.2, 0.25) is 5.02 Å². The first-order valence-corrected chi connectivity index (χ1v) is 13.1. The minimum atomic E-state index is -1.38. The summed E-state index contributed by atoms with van der Waals surface area (Å²) >= 11 is 8.16. The fourth-order valence-electron chi connectivity index (χ4n) is 3.53. The quantitative estimate of drug-likeness (QED) is 0.185. The van der Waals surface area contributed by atoms with Gasteiger partial charge in [-0.25, -0.2) is 0 Å². The van der Waals surface area contributed by atoms with Crippen molar-refractivity contribution in [1.82, 2.24) is 0 Å². The van der Waals surface area contributed by atoms with Gasteiger partial charge in [-0.3, -0.25) is 9.59 Å². The van der Waals surface area contributed by atoms with Gasteiger partial charge < -0.3 is 14.2 Å². The van der Waals surface area contributed by atoms with Crippen LogP contribution in [0.3, 0.4) is 0 Å². The lowest BCUT2D eigenvalue weighted by Gasteiger charge is -2.25. The number of hydrogen-bond donors (Lipinski definition) is 0. The van der Waals surface area contributed by atoms with Crippen molar-refractivity contribution in [2.24, 2.45) is 5.41 Å². The van der Waals surface area contributed by atoms with Crippen molar-refractivity contribution in [2.45, 2.75) is 50.0 Å². The molecule has 0 radical (unpaired) electrons. The van der Waals surface area contributed by atoms with Crippen molar-refractivity contribution in [3.05, 3.63) is 88.9 Å². The van der Waals surface area contributed by atoms with E-state index in [-0.39, 0.29) is 19.6 Å². The zero-order valence-corrected chi connectivity index (χ0v) is 22.4. The molecule has 0 aliphatic rings. The van der Waals surface area contributed by atoms with E-state index in [4.69, 9.17) is 25.8 Å². The first kappa shape index (κ1) is 27.6. The molecule has 0 unspecified atom stereocenters. The average Bonchev–Trinajstić information content (AvgIpc) is 2.88. The Balaban J connectivity index is 1.61. The van der Waals surface area contributed by atoms with Gasteiger partial charge in [0, 0.05) is 14.8 Å². The van der Waals surface area contributed by atoms with Crippen molar-refractivity contribution in [3.63, 3.8) is 0 Å². The summed E-state index contributed by atoms with van der Waals surface area (Å²) in [5.41, 5.74) is 0.591. The zero-order chi connectivity index (χ0) is 26.0. The van der Waals surface area contributed by atoms with Crippen LogP contribution >= 0.6 is 23.4 Å². The lowest BCUT2D eigenvalue weighted by molar-refractivity contribution is -0.171. The molecule has 3 rings (SSSR count). The second-order valence-electron chi connectivity index (χ2n) is 8.37. The third-order valence-corrected chi connectivity index (χ3v) is 7.03. The second-order valence-corrected chi connectivity index (χ2v) is 9.93. The highest BCUT2D eigenvalue weighted by Gasteiger charge is 2.43. The molecule has 0 aliphatic carbocycles. The molecule has 5 nitrogen and oxygen atoms in total. The third-order valence-electron chi connectivity index (χ3n) is 5.68. The molecule has 0 atom stereocenters. The minimum absolute atomic E-state index is 0.195. The van der Waals surface area contributed by atoms with Gasteiger partial charge in [0.15, 0.2) is 5.41 Å². The molecule has 0 saturated carbocycles. The molecule has 0 aliphatic heterocycles. The highest BCUT2D eigenvalue weighted by atomic mass is 35.5. The molecular weight excluding hydrogens is 496 g/mol. The number of carbonyl (C=O) groups excluding carboxylic acids is 2. The molecule has 0 fully saturated rings. The van der Waals surface area contributed by atoms with Crippen LogP contribution in [0.5, 0.6) is 5.75 Å². The van der Waals surface area contributed by atoms with E-state index in [0.717, 1.165) is 26.7 Å². The summed E-state index contributed by atoms with van der Waals surface area (Å²) < 4.78 is 16.1. The predicted octanol–water partition coefficient (Wildman–Crippen LogP) is 7.14. The Morgan fingerprint density at radius 2 is 1.47 bits per heavy atom. The van der Waals surface area contributed by atoms with Crippen LogP contribution in [0.1, 0.15) is 38.3 Å². The van der Waals surface area contributed by atoms with Gasteiger partial charge in [-0.15, -0.1) is 0 Å². The Morgan fingerprint density at radius 3 is 2.06 bits per heavy atom. The molecule has 3 aromatic carbocycles. The van der Waals surface area contributed by atoms with Gasteiger partial charge in [0.25, 0.3) is 0 Å². The van der Waals surface area contributed by atoms with E-state index in [9.17, 15) is 9.59 Å². The predicted molar refractivity (Wildman–Crippen MR) is 142 cm³/mol. The molecule has 3 aromatic rings. The summed E-state index contributed by atoms with van der Waals surface area (Å²) in [6.45, 7) is 5.90. The highest BCUT2D eigenvalue weighted by Crippen LogP contribution is 2.34. The second kappa shape index (κ2) is 13.4. The first-order chi connectivity index (χ1) is 17.4. The summed E-state index contributed by atoms with van der Waals surface area (Å²) in [5, 5.41) is 0.581. The summed E-state index contributed by atoms with van der Waals surface area (Å²) in [6, 6.07) is 23.8. The summed E-state index contributed by atoms with van der Waals surface area (Å²) in [4.78, 5) is 27.1. The Labute approximate surface area is 222 Å². The number of hydrogen-bond acceptors (Lipinski definition) is 6. The number of esters is 2. The van der Waals surface area contributed by atoms with Gasteiger partial charge in [-0.05, 0) is 81.1 Å². The monoisotopic (exact) mass is 526 g/mol. The van der Waals surface area contributed by atoms with Gasteiger partial charge in [-0.1, -0.05) is 59.8 Å². The van der Waals surface area contributed by atoms with E-state index >= 15 is 0 Å². The largest absolute Gasteiger partial charge is 0.489 e. The van der Waals surface area contributed by atoms with Crippen LogP contribution in [0, 0.1) is 5.41 Å². The van der Waals surface area contributed by atoms with Gasteiger partial charge in [0.2, 0.25) is 0 Å². The molecule has 7 heteroatoms. The summed E-state index contributed by atoms with van der Waals surface area (Å²) in [7, 11) is 0. The lowest BCUT2D eigenvalue weighted by atomic mass is 9.84. The van der Waals surface area contributed by atoms with Crippen LogP contribution in [0.15, 0.2) is 82.6 Å². The molecule has 0 heterocycles. The number of benzene rings is 3. The SMILES string of the molecule is CCOC(=O)C(C)(CCc1ccc(Sc2ccc(OCc3ccccc3)cc2)cc1Cl)C(=O)OCC. The van der Waals surface area contributed by atoms with Crippen molar-refractivity contribution in [1.29, 1.82) is 0 Å². The third kappa shape index (κ3) is 7.52. The lowest BCUT2D eigenvalue weighted by Crippen LogP contribution is -2.40. The maximum atomic E-state index is 12.5. The molecular formula is C29H31ClO5S. The fourth-order valence-corrected chi connectivity index (χ4v) is 4.72. The van der Waals surface area contributed by atoms with Crippen LogP contribution in [0.4, 0.5) is 0 Å². The number of rotatable bonds is 12. The van der Waals surface area contributed by atoms with Gasteiger partial charge >= 0.3 is 11.9 Å². The van der Waals surface area contributed by atoms with Crippen LogP contribution in [0.25, 0.3) is 0 Å². The van der Waals surface area contributed by atoms with Crippen LogP contribution in [-0.4, -0.2) is 25.2 Å². The number of halogens is 1. The minimum Gasteiger partial charge on any atom is -0.489 e. The normalized spacial score (nSPS) is 11.1. The van der Waals surface area contributed by atoms with E-state index in [0.29, 0.717) is 18.1 Å². The molecule has 0 bridgehead atoms. The van der Waals surface area contributed by atoms with Crippen LogP contribution < -0.4 is 4.74 Å². The van der Waals surface area contributed by atoms with Crippen molar-refractivity contribution in [3.8, 4) is 5.75 Å². The molecule has 36 heavy (non-hydrogen) atoms. The molecule has 0 N–H and O–H groups in total.